The smallest absolute Gasteiger partial charge is 0.417 e. The average Bonchev–Trinajstić information content (AvgIpc) is 2.37. The predicted molar refractivity (Wildman–Crippen MR) is 62.0 cm³/mol. The van der Waals surface area contributed by atoms with Crippen LogP contribution in [-0.2, 0) is 11.0 Å². The summed E-state index contributed by atoms with van der Waals surface area (Å²) in [5.74, 6) is -2.59. The van der Waals surface area contributed by atoms with Crippen molar-refractivity contribution in [1.29, 1.82) is 0 Å². The molecule has 0 radical (unpaired) electrons. The number of nitrogens with one attached hydrogen (secondary N) is 1. The first-order valence-corrected chi connectivity index (χ1v) is 5.58. The van der Waals surface area contributed by atoms with Crippen LogP contribution in [0.1, 0.15) is 22.3 Å². The minimum absolute atomic E-state index is 0.296. The number of carboxylic acid groups (broad SMARTS) is 1. The largest absolute Gasteiger partial charge is 0.480 e. The van der Waals surface area contributed by atoms with E-state index in [0.29, 0.717) is 0 Å². The fraction of sp³-hybridized carbons (Fsp3) is 0.333. The highest BCUT2D eigenvalue weighted by molar-refractivity contribution is 5.98. The number of benzene rings is 1. The van der Waals surface area contributed by atoms with E-state index in [1.54, 1.807) is 0 Å². The molecule has 5 nitrogen and oxygen atoms in total. The van der Waals surface area contributed by atoms with Crippen molar-refractivity contribution in [2.45, 2.75) is 18.6 Å². The summed E-state index contributed by atoms with van der Waals surface area (Å²) >= 11 is 0. The van der Waals surface area contributed by atoms with Crippen molar-refractivity contribution in [3.05, 3.63) is 35.4 Å². The lowest BCUT2D eigenvalue weighted by Gasteiger charge is -2.16. The zero-order valence-corrected chi connectivity index (χ0v) is 10.1. The molecule has 110 valence electrons. The normalized spacial score (nSPS) is 12.8. The number of alkyl halides is 3. The van der Waals surface area contributed by atoms with Crippen LogP contribution in [-0.4, -0.2) is 34.7 Å². The number of hydrogen-bond acceptors (Lipinski definition) is 3. The molecule has 0 heterocycles. The van der Waals surface area contributed by atoms with E-state index in [0.717, 1.165) is 18.2 Å². The Bertz CT molecular complexity index is 502. The van der Waals surface area contributed by atoms with Crippen LogP contribution < -0.4 is 5.32 Å². The summed E-state index contributed by atoms with van der Waals surface area (Å²) in [6.45, 7) is -0.516. The van der Waals surface area contributed by atoms with Gasteiger partial charge in [0.2, 0.25) is 0 Å². The van der Waals surface area contributed by atoms with Crippen LogP contribution in [0.2, 0.25) is 0 Å². The van der Waals surface area contributed by atoms with Gasteiger partial charge in [-0.1, -0.05) is 12.1 Å². The predicted octanol–water partition coefficient (Wildman–Crippen LogP) is 1.27. The van der Waals surface area contributed by atoms with Crippen molar-refractivity contribution < 1.29 is 33.0 Å². The van der Waals surface area contributed by atoms with Crippen molar-refractivity contribution >= 4 is 11.9 Å². The summed E-state index contributed by atoms with van der Waals surface area (Å²) in [7, 11) is 0. The second-order valence-corrected chi connectivity index (χ2v) is 3.92. The van der Waals surface area contributed by atoms with Gasteiger partial charge in [0.1, 0.15) is 6.04 Å². The molecule has 0 spiro atoms. The summed E-state index contributed by atoms with van der Waals surface area (Å²) in [6, 6.07) is 2.61. The highest BCUT2D eigenvalue weighted by Gasteiger charge is 2.35. The molecule has 0 aliphatic heterocycles. The van der Waals surface area contributed by atoms with Gasteiger partial charge in [0.05, 0.1) is 11.1 Å². The fourth-order valence-electron chi connectivity index (χ4n) is 1.55. The van der Waals surface area contributed by atoms with E-state index in [1.165, 1.54) is 6.07 Å². The summed E-state index contributed by atoms with van der Waals surface area (Å²) in [5, 5.41) is 19.4. The molecule has 0 saturated heterocycles. The fourth-order valence-corrected chi connectivity index (χ4v) is 1.55. The van der Waals surface area contributed by atoms with Gasteiger partial charge in [0, 0.05) is 13.0 Å². The maximum Gasteiger partial charge on any atom is 0.417 e. The van der Waals surface area contributed by atoms with Crippen molar-refractivity contribution in [1.82, 2.24) is 5.32 Å². The second kappa shape index (κ2) is 6.38. The molecule has 1 aromatic rings. The molecular formula is C12H12F3NO4. The molecule has 20 heavy (non-hydrogen) atoms. The third kappa shape index (κ3) is 3.95. The number of aliphatic hydroxyl groups is 1. The van der Waals surface area contributed by atoms with Gasteiger partial charge in [0.25, 0.3) is 5.91 Å². The molecule has 0 aromatic heterocycles. The van der Waals surface area contributed by atoms with Crippen LogP contribution in [0.3, 0.4) is 0 Å². The molecule has 0 unspecified atom stereocenters. The summed E-state index contributed by atoms with van der Waals surface area (Å²) in [4.78, 5) is 22.5. The molecule has 1 rings (SSSR count). The Hall–Kier alpha value is -2.09. The molecular weight excluding hydrogens is 279 g/mol. The number of aliphatic carboxylic acids is 1. The molecule has 0 aliphatic carbocycles. The van der Waals surface area contributed by atoms with Gasteiger partial charge in [-0.2, -0.15) is 13.2 Å². The van der Waals surface area contributed by atoms with E-state index in [1.807, 2.05) is 5.32 Å². The molecule has 8 heteroatoms. The van der Waals surface area contributed by atoms with E-state index >= 15 is 0 Å². The van der Waals surface area contributed by atoms with E-state index in [2.05, 4.69) is 0 Å². The summed E-state index contributed by atoms with van der Waals surface area (Å²) < 4.78 is 38.1. The van der Waals surface area contributed by atoms with Gasteiger partial charge in [-0.15, -0.1) is 0 Å². The summed E-state index contributed by atoms with van der Waals surface area (Å²) in [5.41, 5.74) is -1.81. The first-order valence-electron chi connectivity index (χ1n) is 5.58. The van der Waals surface area contributed by atoms with Crippen LogP contribution in [0.25, 0.3) is 0 Å². The van der Waals surface area contributed by atoms with Crippen LogP contribution in [0.4, 0.5) is 13.2 Å². The number of rotatable bonds is 5. The number of carbonyl (C=O) groups is 2. The number of aliphatic hydroxyl groups excluding tert-OH is 1. The van der Waals surface area contributed by atoms with E-state index in [-0.39, 0.29) is 6.42 Å². The Morgan fingerprint density at radius 3 is 2.35 bits per heavy atom. The van der Waals surface area contributed by atoms with Crippen LogP contribution in [0.5, 0.6) is 0 Å². The quantitative estimate of drug-likeness (QED) is 0.762. The zero-order chi connectivity index (χ0) is 15.3. The maximum absolute atomic E-state index is 12.7. The lowest BCUT2D eigenvalue weighted by molar-refractivity contribution is -0.139. The maximum atomic E-state index is 12.7. The SMILES string of the molecule is O=C(N[C@H](CCO)C(=O)O)c1ccccc1C(F)(F)F. The van der Waals surface area contributed by atoms with Crippen molar-refractivity contribution in [2.75, 3.05) is 6.61 Å². The number of carbonyl (C=O) groups excluding carboxylic acids is 1. The van der Waals surface area contributed by atoms with Gasteiger partial charge in [-0.25, -0.2) is 4.79 Å². The van der Waals surface area contributed by atoms with Crippen molar-refractivity contribution in [2.24, 2.45) is 0 Å². The third-order valence-corrected chi connectivity index (χ3v) is 2.50. The Balaban J connectivity index is 3.01. The Morgan fingerprint density at radius 1 is 1.25 bits per heavy atom. The number of amides is 1. The van der Waals surface area contributed by atoms with Crippen LogP contribution in [0.15, 0.2) is 24.3 Å². The highest BCUT2D eigenvalue weighted by Crippen LogP contribution is 2.31. The second-order valence-electron chi connectivity index (χ2n) is 3.92. The Labute approximate surface area is 112 Å². The van der Waals surface area contributed by atoms with Crippen LogP contribution in [0, 0.1) is 0 Å². The topological polar surface area (TPSA) is 86.6 Å². The molecule has 1 atom stereocenters. The molecule has 0 fully saturated rings. The first-order chi connectivity index (χ1) is 9.27. The zero-order valence-electron chi connectivity index (χ0n) is 10.1. The van der Waals surface area contributed by atoms with E-state index < -0.39 is 41.8 Å². The van der Waals surface area contributed by atoms with Crippen molar-refractivity contribution in [3.63, 3.8) is 0 Å². The number of halogens is 3. The lowest BCUT2D eigenvalue weighted by Crippen LogP contribution is -2.42. The Morgan fingerprint density at radius 2 is 1.85 bits per heavy atom. The van der Waals surface area contributed by atoms with Gasteiger partial charge < -0.3 is 15.5 Å². The van der Waals surface area contributed by atoms with Gasteiger partial charge >= 0.3 is 12.1 Å². The molecule has 1 aromatic carbocycles. The number of carboxylic acids is 1. The van der Waals surface area contributed by atoms with Crippen LogP contribution >= 0.6 is 0 Å². The molecule has 1 amide bonds. The third-order valence-electron chi connectivity index (χ3n) is 2.50. The molecule has 0 aliphatic rings. The number of hydrogen-bond donors (Lipinski definition) is 3. The monoisotopic (exact) mass is 291 g/mol. The van der Waals surface area contributed by atoms with E-state index in [9.17, 15) is 22.8 Å². The minimum atomic E-state index is -4.72. The molecule has 0 saturated carbocycles. The molecule has 0 bridgehead atoms. The van der Waals surface area contributed by atoms with Gasteiger partial charge in [-0.3, -0.25) is 4.79 Å². The van der Waals surface area contributed by atoms with Crippen molar-refractivity contribution in [3.8, 4) is 0 Å². The highest BCUT2D eigenvalue weighted by atomic mass is 19.4. The Kier molecular flexibility index (Phi) is 5.09. The lowest BCUT2D eigenvalue weighted by atomic mass is 10.1. The summed E-state index contributed by atoms with van der Waals surface area (Å²) in [6.07, 6.45) is -5.01. The average molecular weight is 291 g/mol. The minimum Gasteiger partial charge on any atom is -0.480 e. The van der Waals surface area contributed by atoms with E-state index in [4.69, 9.17) is 10.2 Å². The first kappa shape index (κ1) is 16.0. The standard InChI is InChI=1S/C12H12F3NO4/c13-12(14,15)8-4-2-1-3-7(8)10(18)16-9(5-6-17)11(19)20/h1-4,9,17H,5-6H2,(H,16,18)(H,19,20)/t9-/m1/s1. The molecule has 3 N–H and O–H groups in total. The van der Waals surface area contributed by atoms with Gasteiger partial charge in [-0.05, 0) is 12.1 Å². The van der Waals surface area contributed by atoms with Gasteiger partial charge in [0.15, 0.2) is 0 Å².